The number of rotatable bonds is 2. The van der Waals surface area contributed by atoms with Crippen molar-refractivity contribution in [2.45, 2.75) is 6.92 Å². The van der Waals surface area contributed by atoms with Crippen molar-refractivity contribution in [3.8, 4) is 0 Å². The molecule has 1 heterocycles. The van der Waals surface area contributed by atoms with Crippen LogP contribution in [0.4, 0.5) is 5.69 Å². The van der Waals surface area contributed by atoms with Crippen LogP contribution in [0.15, 0.2) is 17.3 Å². The van der Waals surface area contributed by atoms with Gasteiger partial charge in [0.2, 0.25) is 0 Å². The quantitative estimate of drug-likeness (QED) is 0.541. The van der Waals surface area contributed by atoms with Gasteiger partial charge in [-0.1, -0.05) is 0 Å². The molecule has 13 heavy (non-hydrogen) atoms. The number of nitrogen functional groups attached to an aromatic ring is 1. The van der Waals surface area contributed by atoms with Crippen LogP contribution in [-0.4, -0.2) is 28.2 Å². The summed E-state index contributed by atoms with van der Waals surface area (Å²) < 4.78 is 0.845. The summed E-state index contributed by atoms with van der Waals surface area (Å²) in [7, 11) is 0. The minimum absolute atomic E-state index is 0.0383. The average molecular weight is 183 g/mol. The summed E-state index contributed by atoms with van der Waals surface area (Å²) in [4.78, 5) is 3.93. The SMILES string of the molecule is Cc1cc(=NCCO)n(O)cc1N. The minimum atomic E-state index is -0.0383. The van der Waals surface area contributed by atoms with Crippen LogP contribution in [0.1, 0.15) is 5.56 Å². The molecule has 0 saturated heterocycles. The van der Waals surface area contributed by atoms with Gasteiger partial charge in [0, 0.05) is 0 Å². The average Bonchev–Trinajstić information content (AvgIpc) is 2.09. The lowest BCUT2D eigenvalue weighted by Gasteiger charge is -2.03. The standard InChI is InChI=1S/C8H13N3O2/c1-6-4-8(10-2-3-12)11(13)5-7(6)9/h4-5,12-13H,2-3,9H2,1H3. The van der Waals surface area contributed by atoms with E-state index in [9.17, 15) is 5.21 Å². The molecule has 0 unspecified atom stereocenters. The molecule has 72 valence electrons. The van der Waals surface area contributed by atoms with Crippen molar-refractivity contribution in [3.63, 3.8) is 0 Å². The lowest BCUT2D eigenvalue weighted by Crippen LogP contribution is -2.20. The lowest BCUT2D eigenvalue weighted by molar-refractivity contribution is 0.171. The Kier molecular flexibility index (Phi) is 2.92. The smallest absolute Gasteiger partial charge is 0.163 e. The number of nitrogens with zero attached hydrogens (tertiary/aromatic N) is 2. The monoisotopic (exact) mass is 183 g/mol. The van der Waals surface area contributed by atoms with Crippen molar-refractivity contribution in [1.29, 1.82) is 0 Å². The molecule has 0 aliphatic heterocycles. The fraction of sp³-hybridized carbons (Fsp3) is 0.375. The highest BCUT2D eigenvalue weighted by Crippen LogP contribution is 2.03. The summed E-state index contributed by atoms with van der Waals surface area (Å²) in [5.41, 5.74) is 7.29. The van der Waals surface area contributed by atoms with E-state index < -0.39 is 0 Å². The van der Waals surface area contributed by atoms with Gasteiger partial charge in [0.25, 0.3) is 0 Å². The Hall–Kier alpha value is -1.49. The second-order valence-corrected chi connectivity index (χ2v) is 2.72. The Morgan fingerprint density at radius 1 is 1.62 bits per heavy atom. The van der Waals surface area contributed by atoms with Crippen LogP contribution in [0.3, 0.4) is 0 Å². The highest BCUT2D eigenvalue weighted by Gasteiger charge is 1.96. The number of aromatic nitrogens is 1. The lowest BCUT2D eigenvalue weighted by atomic mass is 10.2. The number of nitrogens with two attached hydrogens (primary N) is 1. The number of pyridine rings is 1. The fourth-order valence-electron chi connectivity index (χ4n) is 0.925. The zero-order valence-electron chi connectivity index (χ0n) is 7.44. The number of aliphatic hydroxyl groups is 1. The highest BCUT2D eigenvalue weighted by atomic mass is 16.5. The second kappa shape index (κ2) is 3.95. The minimum Gasteiger partial charge on any atom is -0.427 e. The van der Waals surface area contributed by atoms with E-state index in [1.807, 2.05) is 6.92 Å². The highest BCUT2D eigenvalue weighted by molar-refractivity contribution is 5.42. The predicted octanol–water partition coefficient (Wildman–Crippen LogP) is -0.491. The van der Waals surface area contributed by atoms with Gasteiger partial charge in [-0.05, 0) is 18.6 Å². The van der Waals surface area contributed by atoms with E-state index in [0.29, 0.717) is 11.2 Å². The largest absolute Gasteiger partial charge is 0.427 e. The Labute approximate surface area is 75.7 Å². The molecule has 1 aromatic heterocycles. The normalized spacial score (nSPS) is 12.0. The maximum Gasteiger partial charge on any atom is 0.163 e. The van der Waals surface area contributed by atoms with Gasteiger partial charge in [-0.3, -0.25) is 4.99 Å². The van der Waals surface area contributed by atoms with Gasteiger partial charge in [-0.2, -0.15) is 4.73 Å². The van der Waals surface area contributed by atoms with Crippen LogP contribution >= 0.6 is 0 Å². The molecule has 0 aliphatic rings. The van der Waals surface area contributed by atoms with Crippen LogP contribution in [0.5, 0.6) is 0 Å². The van der Waals surface area contributed by atoms with Crippen molar-refractivity contribution in [1.82, 2.24) is 4.73 Å². The Morgan fingerprint density at radius 2 is 2.31 bits per heavy atom. The zero-order valence-corrected chi connectivity index (χ0v) is 7.44. The van der Waals surface area contributed by atoms with Crippen molar-refractivity contribution >= 4 is 5.69 Å². The molecule has 0 spiro atoms. The molecular weight excluding hydrogens is 170 g/mol. The van der Waals surface area contributed by atoms with Crippen molar-refractivity contribution in [2.75, 3.05) is 18.9 Å². The summed E-state index contributed by atoms with van der Waals surface area (Å²) in [5.74, 6) is 0. The van der Waals surface area contributed by atoms with E-state index in [1.165, 1.54) is 6.20 Å². The number of hydrogen-bond donors (Lipinski definition) is 3. The van der Waals surface area contributed by atoms with Gasteiger partial charge in [-0.15, -0.1) is 0 Å². The van der Waals surface area contributed by atoms with Crippen LogP contribution in [0, 0.1) is 6.92 Å². The molecule has 0 aromatic carbocycles. The second-order valence-electron chi connectivity index (χ2n) is 2.72. The van der Waals surface area contributed by atoms with E-state index in [2.05, 4.69) is 4.99 Å². The first-order chi connectivity index (χ1) is 6.15. The van der Waals surface area contributed by atoms with Crippen molar-refractivity contribution in [2.24, 2.45) is 4.99 Å². The summed E-state index contributed by atoms with van der Waals surface area (Å²) in [6.07, 6.45) is 1.38. The van der Waals surface area contributed by atoms with Gasteiger partial charge in [-0.25, -0.2) is 0 Å². The third kappa shape index (κ3) is 2.22. The zero-order chi connectivity index (χ0) is 9.84. The number of anilines is 1. The predicted molar refractivity (Wildman–Crippen MR) is 48.3 cm³/mol. The first-order valence-electron chi connectivity index (χ1n) is 3.94. The molecule has 0 bridgehead atoms. The molecule has 0 fully saturated rings. The van der Waals surface area contributed by atoms with Crippen LogP contribution in [0.25, 0.3) is 0 Å². The number of hydrogen-bond acceptors (Lipinski definition) is 4. The molecule has 0 aliphatic carbocycles. The van der Waals surface area contributed by atoms with Gasteiger partial charge in [0.15, 0.2) is 5.49 Å². The molecule has 0 atom stereocenters. The Morgan fingerprint density at radius 3 is 2.92 bits per heavy atom. The van der Waals surface area contributed by atoms with Crippen molar-refractivity contribution in [3.05, 3.63) is 23.3 Å². The van der Waals surface area contributed by atoms with E-state index in [4.69, 9.17) is 10.8 Å². The maximum absolute atomic E-state index is 9.30. The Balaban J connectivity index is 3.15. The molecule has 0 radical (unpaired) electrons. The fourth-order valence-corrected chi connectivity index (χ4v) is 0.925. The van der Waals surface area contributed by atoms with Gasteiger partial charge in [0.05, 0.1) is 25.0 Å². The summed E-state index contributed by atoms with van der Waals surface area (Å²) in [5, 5.41) is 17.8. The topological polar surface area (TPSA) is 83.8 Å². The molecular formula is C8H13N3O2. The van der Waals surface area contributed by atoms with E-state index in [1.54, 1.807) is 6.07 Å². The molecule has 4 N–H and O–H groups in total. The Bertz CT molecular complexity index is 357. The van der Waals surface area contributed by atoms with Gasteiger partial charge in [0.1, 0.15) is 0 Å². The molecule has 0 saturated carbocycles. The van der Waals surface area contributed by atoms with Crippen LogP contribution in [-0.2, 0) is 0 Å². The third-order valence-corrected chi connectivity index (χ3v) is 1.67. The molecule has 5 nitrogen and oxygen atoms in total. The van der Waals surface area contributed by atoms with Gasteiger partial charge >= 0.3 is 0 Å². The summed E-state index contributed by atoms with van der Waals surface area (Å²) in [6.45, 7) is 2.06. The van der Waals surface area contributed by atoms with Crippen molar-refractivity contribution < 1.29 is 10.3 Å². The van der Waals surface area contributed by atoms with E-state index >= 15 is 0 Å². The van der Waals surface area contributed by atoms with E-state index in [-0.39, 0.29) is 13.2 Å². The van der Waals surface area contributed by atoms with E-state index in [0.717, 1.165) is 10.3 Å². The third-order valence-electron chi connectivity index (χ3n) is 1.67. The maximum atomic E-state index is 9.30. The molecule has 0 amide bonds. The van der Waals surface area contributed by atoms with Crippen LogP contribution < -0.4 is 11.2 Å². The first-order valence-corrected chi connectivity index (χ1v) is 3.94. The van der Waals surface area contributed by atoms with Gasteiger partial charge < -0.3 is 16.0 Å². The first kappa shape index (κ1) is 9.60. The molecule has 1 rings (SSSR count). The molecule has 1 aromatic rings. The summed E-state index contributed by atoms with van der Waals surface area (Å²) >= 11 is 0. The summed E-state index contributed by atoms with van der Waals surface area (Å²) in [6, 6.07) is 1.66. The number of aliphatic hydroxyl groups excluding tert-OH is 1. The number of aryl methyl sites for hydroxylation is 1. The molecule has 5 heteroatoms. The van der Waals surface area contributed by atoms with Crippen LogP contribution in [0.2, 0.25) is 0 Å².